The molecule has 0 aliphatic heterocycles. The molecule has 0 atom stereocenters. The summed E-state index contributed by atoms with van der Waals surface area (Å²) >= 11 is 0. The quantitative estimate of drug-likeness (QED) is 0.723. The summed E-state index contributed by atoms with van der Waals surface area (Å²) in [4.78, 5) is 4.28. The molecule has 19 heavy (non-hydrogen) atoms. The van der Waals surface area contributed by atoms with Crippen LogP contribution in [0.4, 0.5) is 0 Å². The van der Waals surface area contributed by atoms with E-state index in [4.69, 9.17) is 0 Å². The lowest BCUT2D eigenvalue weighted by Gasteiger charge is -2.35. The van der Waals surface area contributed by atoms with E-state index < -0.39 is 0 Å². The van der Waals surface area contributed by atoms with Gasteiger partial charge >= 0.3 is 0 Å². The molecular weight excluding hydrogens is 230 g/mol. The Balaban J connectivity index is 1.92. The molecule has 0 bridgehead atoms. The number of aromatic nitrogens is 1. The Morgan fingerprint density at radius 3 is 2.42 bits per heavy atom. The van der Waals surface area contributed by atoms with E-state index in [0.717, 1.165) is 17.8 Å². The Labute approximate surface area is 118 Å². The minimum absolute atomic E-state index is 0.267. The van der Waals surface area contributed by atoms with Crippen molar-refractivity contribution in [1.29, 1.82) is 0 Å². The number of nitrogens with zero attached hydrogens (tertiary/aromatic N) is 1. The number of pyridine rings is 1. The molecule has 0 amide bonds. The van der Waals surface area contributed by atoms with Crippen molar-refractivity contribution in [2.45, 2.75) is 65.2 Å². The Morgan fingerprint density at radius 2 is 1.89 bits per heavy atom. The highest BCUT2D eigenvalue weighted by atomic mass is 14.6. The molecule has 1 saturated carbocycles. The maximum Gasteiger partial charge on any atom is 0.0305 e. The van der Waals surface area contributed by atoms with Gasteiger partial charge < -0.3 is 0 Å². The van der Waals surface area contributed by atoms with Crippen LogP contribution < -0.4 is 0 Å². The molecular formula is C18H29N. The molecule has 0 radical (unpaired) electrons. The summed E-state index contributed by atoms with van der Waals surface area (Å²) in [5, 5.41) is 0. The zero-order valence-electron chi connectivity index (χ0n) is 13.0. The third-order valence-corrected chi connectivity index (χ3v) is 5.08. The van der Waals surface area contributed by atoms with Crippen LogP contribution in [0.25, 0.3) is 0 Å². The lowest BCUT2D eigenvalue weighted by molar-refractivity contribution is 0.196. The summed E-state index contributed by atoms with van der Waals surface area (Å²) in [6.45, 7) is 9.51. The zero-order valence-corrected chi connectivity index (χ0v) is 13.0. The normalized spacial score (nSPS) is 24.7. The van der Waals surface area contributed by atoms with E-state index in [1.807, 2.05) is 12.4 Å². The average Bonchev–Trinajstić information content (AvgIpc) is 2.40. The zero-order chi connectivity index (χ0) is 13.9. The third kappa shape index (κ3) is 3.81. The monoisotopic (exact) mass is 259 g/mol. The van der Waals surface area contributed by atoms with Gasteiger partial charge in [-0.3, -0.25) is 4.98 Å². The Hall–Kier alpha value is -0.850. The second-order valence-electron chi connectivity index (χ2n) is 7.35. The highest BCUT2D eigenvalue weighted by Gasteiger charge is 2.29. The van der Waals surface area contributed by atoms with Gasteiger partial charge in [-0.05, 0) is 54.1 Å². The predicted molar refractivity (Wildman–Crippen MR) is 82.2 cm³/mol. The first-order chi connectivity index (χ1) is 8.99. The van der Waals surface area contributed by atoms with Gasteiger partial charge in [-0.25, -0.2) is 0 Å². The lowest BCUT2D eigenvalue weighted by atomic mass is 9.70. The van der Waals surface area contributed by atoms with E-state index in [1.54, 1.807) is 0 Å². The molecule has 1 aromatic rings. The highest BCUT2D eigenvalue weighted by molar-refractivity contribution is 5.19. The Morgan fingerprint density at radius 1 is 1.21 bits per heavy atom. The number of rotatable bonds is 4. The molecule has 0 aromatic carbocycles. The third-order valence-electron chi connectivity index (χ3n) is 5.08. The minimum Gasteiger partial charge on any atom is -0.264 e. The molecule has 1 aliphatic rings. The molecule has 1 heterocycles. The van der Waals surface area contributed by atoms with Crippen LogP contribution in [0.3, 0.4) is 0 Å². The van der Waals surface area contributed by atoms with Gasteiger partial charge in [0.2, 0.25) is 0 Å². The SMILES string of the molecule is CC(C)C1CCC(CC(C)(C)c2cccnc2)CC1. The van der Waals surface area contributed by atoms with Crippen LogP contribution in [-0.2, 0) is 5.41 Å². The van der Waals surface area contributed by atoms with E-state index in [0.29, 0.717) is 0 Å². The van der Waals surface area contributed by atoms with Crippen molar-refractivity contribution in [3.8, 4) is 0 Å². The van der Waals surface area contributed by atoms with Gasteiger partial charge in [-0.15, -0.1) is 0 Å². The van der Waals surface area contributed by atoms with Crippen molar-refractivity contribution in [2.24, 2.45) is 17.8 Å². The maximum atomic E-state index is 4.28. The van der Waals surface area contributed by atoms with Crippen molar-refractivity contribution in [3.63, 3.8) is 0 Å². The van der Waals surface area contributed by atoms with Gasteiger partial charge in [0.1, 0.15) is 0 Å². The molecule has 0 unspecified atom stereocenters. The summed E-state index contributed by atoms with van der Waals surface area (Å²) < 4.78 is 0. The van der Waals surface area contributed by atoms with E-state index in [-0.39, 0.29) is 5.41 Å². The highest BCUT2D eigenvalue weighted by Crippen LogP contribution is 2.40. The molecule has 2 rings (SSSR count). The first-order valence-electron chi connectivity index (χ1n) is 7.89. The van der Waals surface area contributed by atoms with Crippen molar-refractivity contribution >= 4 is 0 Å². The Bertz CT molecular complexity index is 372. The van der Waals surface area contributed by atoms with Gasteiger partial charge in [0.15, 0.2) is 0 Å². The van der Waals surface area contributed by atoms with Crippen LogP contribution in [-0.4, -0.2) is 4.98 Å². The molecule has 1 heteroatoms. The summed E-state index contributed by atoms with van der Waals surface area (Å²) in [5.74, 6) is 2.75. The summed E-state index contributed by atoms with van der Waals surface area (Å²) in [5.41, 5.74) is 1.66. The second kappa shape index (κ2) is 6.07. The fraction of sp³-hybridized carbons (Fsp3) is 0.722. The first-order valence-corrected chi connectivity index (χ1v) is 7.89. The smallest absolute Gasteiger partial charge is 0.0305 e. The van der Waals surface area contributed by atoms with Gasteiger partial charge in [-0.1, -0.05) is 46.6 Å². The average molecular weight is 259 g/mol. The molecule has 0 spiro atoms. The van der Waals surface area contributed by atoms with Gasteiger partial charge in [0, 0.05) is 12.4 Å². The van der Waals surface area contributed by atoms with Crippen LogP contribution in [0.15, 0.2) is 24.5 Å². The van der Waals surface area contributed by atoms with Crippen molar-refractivity contribution < 1.29 is 0 Å². The standard InChI is InChI=1S/C18H29N/c1-14(2)16-9-7-15(8-10-16)12-18(3,4)17-6-5-11-19-13-17/h5-6,11,13-16H,7-10,12H2,1-4H3. The van der Waals surface area contributed by atoms with E-state index in [1.165, 1.54) is 37.7 Å². The van der Waals surface area contributed by atoms with Crippen LogP contribution in [0, 0.1) is 17.8 Å². The molecule has 1 fully saturated rings. The van der Waals surface area contributed by atoms with Crippen molar-refractivity contribution in [1.82, 2.24) is 4.98 Å². The van der Waals surface area contributed by atoms with Crippen molar-refractivity contribution in [2.75, 3.05) is 0 Å². The van der Waals surface area contributed by atoms with E-state index >= 15 is 0 Å². The molecule has 0 N–H and O–H groups in total. The summed E-state index contributed by atoms with van der Waals surface area (Å²) in [6.07, 6.45) is 10.9. The topological polar surface area (TPSA) is 12.9 Å². The van der Waals surface area contributed by atoms with Crippen LogP contribution >= 0.6 is 0 Å². The van der Waals surface area contributed by atoms with Gasteiger partial charge in [0.25, 0.3) is 0 Å². The molecule has 1 aliphatic carbocycles. The maximum absolute atomic E-state index is 4.28. The van der Waals surface area contributed by atoms with Crippen molar-refractivity contribution in [3.05, 3.63) is 30.1 Å². The fourth-order valence-corrected chi connectivity index (χ4v) is 3.66. The number of hydrogen-bond donors (Lipinski definition) is 0. The lowest BCUT2D eigenvalue weighted by Crippen LogP contribution is -2.26. The molecule has 0 saturated heterocycles. The molecule has 1 aromatic heterocycles. The summed E-state index contributed by atoms with van der Waals surface area (Å²) in [7, 11) is 0. The summed E-state index contributed by atoms with van der Waals surface area (Å²) in [6, 6.07) is 4.29. The predicted octanol–water partition coefficient (Wildman–Crippen LogP) is 5.21. The van der Waals surface area contributed by atoms with Gasteiger partial charge in [0.05, 0.1) is 0 Å². The van der Waals surface area contributed by atoms with E-state index in [9.17, 15) is 0 Å². The molecule has 1 nitrogen and oxygen atoms in total. The van der Waals surface area contributed by atoms with Crippen LogP contribution in [0.2, 0.25) is 0 Å². The second-order valence-corrected chi connectivity index (χ2v) is 7.35. The fourth-order valence-electron chi connectivity index (χ4n) is 3.66. The Kier molecular flexibility index (Phi) is 4.65. The van der Waals surface area contributed by atoms with Crippen LogP contribution in [0.1, 0.15) is 65.4 Å². The van der Waals surface area contributed by atoms with E-state index in [2.05, 4.69) is 44.8 Å². The largest absolute Gasteiger partial charge is 0.264 e. The first kappa shape index (κ1) is 14.6. The van der Waals surface area contributed by atoms with Gasteiger partial charge in [-0.2, -0.15) is 0 Å². The molecule has 106 valence electrons. The van der Waals surface area contributed by atoms with Crippen LogP contribution in [0.5, 0.6) is 0 Å². The number of hydrogen-bond acceptors (Lipinski definition) is 1. The minimum atomic E-state index is 0.267.